The van der Waals surface area contributed by atoms with Gasteiger partial charge in [-0.05, 0) is 17.7 Å². The van der Waals surface area contributed by atoms with E-state index in [9.17, 15) is 4.79 Å². The van der Waals surface area contributed by atoms with Gasteiger partial charge >= 0.3 is 0 Å². The summed E-state index contributed by atoms with van der Waals surface area (Å²) >= 11 is 0. The first-order valence-corrected chi connectivity index (χ1v) is 5.29. The van der Waals surface area contributed by atoms with Gasteiger partial charge < -0.3 is 9.47 Å². The van der Waals surface area contributed by atoms with Crippen LogP contribution in [-0.2, 0) is 16.1 Å². The van der Waals surface area contributed by atoms with Crippen LogP contribution in [0.15, 0.2) is 24.3 Å². The predicted molar refractivity (Wildman–Crippen MR) is 64.5 cm³/mol. The quantitative estimate of drug-likeness (QED) is 0.745. The molecular weight excluding hydrogens is 220 g/mol. The normalized spacial score (nSPS) is 10.4. The molecule has 0 aliphatic carbocycles. The average molecular weight is 238 g/mol. The van der Waals surface area contributed by atoms with Gasteiger partial charge in [-0.1, -0.05) is 12.1 Å². The van der Waals surface area contributed by atoms with Crippen molar-refractivity contribution >= 4 is 5.91 Å². The van der Waals surface area contributed by atoms with Crippen molar-refractivity contribution in [3.8, 4) is 5.75 Å². The van der Waals surface area contributed by atoms with Crippen molar-refractivity contribution in [2.45, 2.75) is 6.61 Å². The summed E-state index contributed by atoms with van der Waals surface area (Å²) in [5.41, 5.74) is 3.57. The largest absolute Gasteiger partial charge is 0.497 e. The summed E-state index contributed by atoms with van der Waals surface area (Å²) in [4.78, 5) is 11.3. The predicted octanol–water partition coefficient (Wildman–Crippen LogP) is 0.805. The SMILES string of the molecule is COc1cccc(COCC(=O)NN(C)C)c1. The Bertz CT molecular complexity index is 367. The molecule has 0 unspecified atom stereocenters. The van der Waals surface area contributed by atoms with Gasteiger partial charge in [-0.15, -0.1) is 0 Å². The Morgan fingerprint density at radius 1 is 1.41 bits per heavy atom. The van der Waals surface area contributed by atoms with E-state index in [-0.39, 0.29) is 12.5 Å². The van der Waals surface area contributed by atoms with Crippen molar-refractivity contribution in [2.24, 2.45) is 0 Å². The van der Waals surface area contributed by atoms with E-state index in [1.807, 2.05) is 24.3 Å². The van der Waals surface area contributed by atoms with E-state index in [0.717, 1.165) is 11.3 Å². The molecule has 0 saturated carbocycles. The Hall–Kier alpha value is -1.59. The maximum Gasteiger partial charge on any atom is 0.260 e. The van der Waals surface area contributed by atoms with E-state index < -0.39 is 0 Å². The zero-order chi connectivity index (χ0) is 12.7. The van der Waals surface area contributed by atoms with Crippen LogP contribution in [0.2, 0.25) is 0 Å². The van der Waals surface area contributed by atoms with Crippen LogP contribution < -0.4 is 10.2 Å². The van der Waals surface area contributed by atoms with Crippen LogP contribution in [-0.4, -0.2) is 38.7 Å². The third-order valence-electron chi connectivity index (χ3n) is 1.98. The highest BCUT2D eigenvalue weighted by molar-refractivity contribution is 5.76. The molecule has 0 heterocycles. The zero-order valence-corrected chi connectivity index (χ0v) is 10.4. The molecule has 17 heavy (non-hydrogen) atoms. The van der Waals surface area contributed by atoms with Gasteiger partial charge in [-0.25, -0.2) is 5.01 Å². The second-order valence-electron chi connectivity index (χ2n) is 3.77. The number of carbonyl (C=O) groups is 1. The molecular formula is C12H18N2O3. The third kappa shape index (κ3) is 5.33. The molecule has 1 amide bonds. The van der Waals surface area contributed by atoms with E-state index >= 15 is 0 Å². The first kappa shape index (κ1) is 13.5. The summed E-state index contributed by atoms with van der Waals surface area (Å²) < 4.78 is 10.4. The maximum atomic E-state index is 11.3. The third-order valence-corrected chi connectivity index (χ3v) is 1.98. The van der Waals surface area contributed by atoms with Crippen molar-refractivity contribution in [1.82, 2.24) is 10.4 Å². The van der Waals surface area contributed by atoms with Gasteiger partial charge in [-0.3, -0.25) is 10.2 Å². The molecule has 1 aromatic carbocycles. The minimum atomic E-state index is -0.169. The first-order valence-electron chi connectivity index (χ1n) is 5.29. The van der Waals surface area contributed by atoms with Crippen molar-refractivity contribution in [1.29, 1.82) is 0 Å². The Morgan fingerprint density at radius 3 is 2.82 bits per heavy atom. The lowest BCUT2D eigenvalue weighted by molar-refractivity contribution is -0.129. The summed E-state index contributed by atoms with van der Waals surface area (Å²) in [6.07, 6.45) is 0. The summed E-state index contributed by atoms with van der Waals surface area (Å²) in [6, 6.07) is 7.55. The smallest absolute Gasteiger partial charge is 0.260 e. The van der Waals surface area contributed by atoms with Crippen molar-refractivity contribution in [3.63, 3.8) is 0 Å². The van der Waals surface area contributed by atoms with Crippen molar-refractivity contribution in [2.75, 3.05) is 27.8 Å². The van der Waals surface area contributed by atoms with E-state index in [1.54, 1.807) is 26.2 Å². The van der Waals surface area contributed by atoms with E-state index in [4.69, 9.17) is 9.47 Å². The number of nitrogens with one attached hydrogen (secondary N) is 1. The molecule has 0 bridgehead atoms. The number of rotatable bonds is 6. The molecule has 0 fully saturated rings. The lowest BCUT2D eigenvalue weighted by atomic mass is 10.2. The molecule has 1 rings (SSSR count). The van der Waals surface area contributed by atoms with Crippen LogP contribution in [0.25, 0.3) is 0 Å². The minimum absolute atomic E-state index is 0.0371. The number of amides is 1. The molecule has 0 atom stereocenters. The molecule has 94 valence electrons. The van der Waals surface area contributed by atoms with Crippen LogP contribution >= 0.6 is 0 Å². The molecule has 0 aromatic heterocycles. The van der Waals surface area contributed by atoms with Gasteiger partial charge in [0.2, 0.25) is 0 Å². The number of benzene rings is 1. The summed E-state index contributed by atoms with van der Waals surface area (Å²) in [7, 11) is 5.12. The molecule has 0 spiro atoms. The van der Waals surface area contributed by atoms with Crippen LogP contribution in [0.5, 0.6) is 5.75 Å². The number of nitrogens with zero attached hydrogens (tertiary/aromatic N) is 1. The number of hydrazine groups is 1. The molecule has 1 aromatic rings. The summed E-state index contributed by atoms with van der Waals surface area (Å²) in [5, 5.41) is 1.58. The van der Waals surface area contributed by atoms with Crippen LogP contribution in [0, 0.1) is 0 Å². The lowest BCUT2D eigenvalue weighted by Crippen LogP contribution is -2.38. The Balaban J connectivity index is 2.32. The second-order valence-corrected chi connectivity index (χ2v) is 3.77. The maximum absolute atomic E-state index is 11.3. The molecule has 5 nitrogen and oxygen atoms in total. The molecule has 5 heteroatoms. The van der Waals surface area contributed by atoms with Crippen LogP contribution in [0.1, 0.15) is 5.56 Å². The highest BCUT2D eigenvalue weighted by Crippen LogP contribution is 2.12. The zero-order valence-electron chi connectivity index (χ0n) is 10.4. The van der Waals surface area contributed by atoms with Gasteiger partial charge in [0.15, 0.2) is 0 Å². The highest BCUT2D eigenvalue weighted by atomic mass is 16.5. The monoisotopic (exact) mass is 238 g/mol. The van der Waals surface area contributed by atoms with Gasteiger partial charge in [-0.2, -0.15) is 0 Å². The average Bonchev–Trinajstić information content (AvgIpc) is 2.28. The standard InChI is InChI=1S/C12H18N2O3/c1-14(2)13-12(15)9-17-8-10-5-4-6-11(7-10)16-3/h4-7H,8-9H2,1-3H3,(H,13,15). The fourth-order valence-electron chi connectivity index (χ4n) is 1.31. The molecule has 1 N–H and O–H groups in total. The van der Waals surface area contributed by atoms with Gasteiger partial charge in [0.1, 0.15) is 12.4 Å². The van der Waals surface area contributed by atoms with Crippen molar-refractivity contribution in [3.05, 3.63) is 29.8 Å². The highest BCUT2D eigenvalue weighted by Gasteiger charge is 2.02. The van der Waals surface area contributed by atoms with Gasteiger partial charge in [0.25, 0.3) is 5.91 Å². The fourth-order valence-corrected chi connectivity index (χ4v) is 1.31. The topological polar surface area (TPSA) is 50.8 Å². The van der Waals surface area contributed by atoms with E-state index in [0.29, 0.717) is 6.61 Å². The summed E-state index contributed by atoms with van der Waals surface area (Å²) in [6.45, 7) is 0.424. The van der Waals surface area contributed by atoms with Crippen LogP contribution in [0.3, 0.4) is 0 Å². The number of hydrogen-bond donors (Lipinski definition) is 1. The Labute approximate surface area is 101 Å². The fraction of sp³-hybridized carbons (Fsp3) is 0.417. The Kier molecular flexibility index (Phi) is 5.45. The number of ether oxygens (including phenoxy) is 2. The molecule has 0 aliphatic heterocycles. The first-order chi connectivity index (χ1) is 8.11. The molecule has 0 aliphatic rings. The second kappa shape index (κ2) is 6.88. The number of hydrogen-bond acceptors (Lipinski definition) is 4. The number of carbonyl (C=O) groups excluding carboxylic acids is 1. The molecule has 0 saturated heterocycles. The van der Waals surface area contributed by atoms with E-state index in [1.165, 1.54) is 0 Å². The summed E-state index contributed by atoms with van der Waals surface area (Å²) in [5.74, 6) is 0.613. The van der Waals surface area contributed by atoms with Gasteiger partial charge in [0, 0.05) is 14.1 Å². The lowest BCUT2D eigenvalue weighted by Gasteiger charge is -2.11. The van der Waals surface area contributed by atoms with Crippen molar-refractivity contribution < 1.29 is 14.3 Å². The van der Waals surface area contributed by atoms with Gasteiger partial charge in [0.05, 0.1) is 13.7 Å². The minimum Gasteiger partial charge on any atom is -0.497 e. The molecule has 0 radical (unpaired) electrons. The Morgan fingerprint density at radius 2 is 2.18 bits per heavy atom. The number of methoxy groups -OCH3 is 1. The van der Waals surface area contributed by atoms with Crippen LogP contribution in [0.4, 0.5) is 0 Å². The van der Waals surface area contributed by atoms with E-state index in [2.05, 4.69) is 5.43 Å².